The van der Waals surface area contributed by atoms with Crippen LogP contribution in [0, 0.1) is 0 Å². The first-order valence-corrected chi connectivity index (χ1v) is 8.01. The van der Waals surface area contributed by atoms with Crippen molar-refractivity contribution >= 4 is 23.2 Å². The van der Waals surface area contributed by atoms with Gasteiger partial charge in [-0.3, -0.25) is 14.6 Å². The number of Topliss-reactive ketones (excluding diaryl/α,β-unsaturated/α-hetero) is 1. The number of rotatable bonds is 6. The van der Waals surface area contributed by atoms with E-state index in [9.17, 15) is 9.59 Å². The molecule has 0 aliphatic carbocycles. The lowest BCUT2D eigenvalue weighted by Gasteiger charge is -2.07. The number of ketones is 1. The summed E-state index contributed by atoms with van der Waals surface area (Å²) in [5, 5.41) is 13.8. The lowest BCUT2D eigenvalue weighted by atomic mass is 10.1. The molecule has 0 bridgehead atoms. The van der Waals surface area contributed by atoms with Gasteiger partial charge >= 0.3 is 0 Å². The van der Waals surface area contributed by atoms with Gasteiger partial charge in [0, 0.05) is 30.2 Å². The quantitative estimate of drug-likeness (QED) is 0.666. The first-order chi connectivity index (χ1) is 12.6. The zero-order valence-corrected chi connectivity index (χ0v) is 14.1. The van der Waals surface area contributed by atoms with Gasteiger partial charge < -0.3 is 10.6 Å². The van der Waals surface area contributed by atoms with Crippen LogP contribution in [0.4, 0.5) is 11.5 Å². The van der Waals surface area contributed by atoms with Crippen molar-refractivity contribution in [2.75, 3.05) is 5.32 Å². The van der Waals surface area contributed by atoms with E-state index in [1.807, 2.05) is 18.2 Å². The van der Waals surface area contributed by atoms with Crippen molar-refractivity contribution in [2.45, 2.75) is 13.5 Å². The van der Waals surface area contributed by atoms with Crippen molar-refractivity contribution in [3.8, 4) is 0 Å². The molecular formula is C19H17N5O2. The number of nitrogens with one attached hydrogen (secondary N) is 2. The summed E-state index contributed by atoms with van der Waals surface area (Å²) in [7, 11) is 0. The van der Waals surface area contributed by atoms with E-state index in [-0.39, 0.29) is 17.4 Å². The number of carbonyl (C=O) groups is 2. The predicted molar refractivity (Wildman–Crippen MR) is 97.2 cm³/mol. The third kappa shape index (κ3) is 4.47. The summed E-state index contributed by atoms with van der Waals surface area (Å²) in [5.74, 6) is 0.154. The second kappa shape index (κ2) is 7.98. The average molecular weight is 347 g/mol. The Labute approximate surface area is 150 Å². The van der Waals surface area contributed by atoms with Crippen molar-refractivity contribution in [1.82, 2.24) is 20.5 Å². The fourth-order valence-electron chi connectivity index (χ4n) is 2.26. The smallest absolute Gasteiger partial charge is 0.272 e. The molecule has 2 heterocycles. The number of amides is 1. The number of aromatic nitrogens is 3. The lowest BCUT2D eigenvalue weighted by Crippen LogP contribution is -2.24. The minimum absolute atomic E-state index is 0.0135. The van der Waals surface area contributed by atoms with Gasteiger partial charge in [-0.1, -0.05) is 18.2 Å². The van der Waals surface area contributed by atoms with Gasteiger partial charge in [0.2, 0.25) is 0 Å². The maximum Gasteiger partial charge on any atom is 0.272 e. The molecule has 0 saturated carbocycles. The highest BCUT2D eigenvalue weighted by atomic mass is 16.2. The van der Waals surface area contributed by atoms with Gasteiger partial charge in [-0.2, -0.15) is 0 Å². The van der Waals surface area contributed by atoms with Gasteiger partial charge in [-0.15, -0.1) is 10.2 Å². The standard InChI is InChI=1S/C19H17N5O2/c1-13(25)15-5-2-6-16(10-15)22-18-8-7-17(23-24-18)19(26)21-12-14-4-3-9-20-11-14/h2-11H,12H2,1H3,(H,21,26)(H,22,24). The number of hydrogen-bond donors (Lipinski definition) is 2. The van der Waals surface area contributed by atoms with Gasteiger partial charge in [0.15, 0.2) is 17.3 Å². The molecule has 0 saturated heterocycles. The molecule has 26 heavy (non-hydrogen) atoms. The molecule has 3 aromatic rings. The molecule has 1 amide bonds. The summed E-state index contributed by atoms with van der Waals surface area (Å²) < 4.78 is 0. The SMILES string of the molecule is CC(=O)c1cccc(Nc2ccc(C(=O)NCc3cccnc3)nn2)c1. The van der Waals surface area contributed by atoms with Crippen molar-refractivity contribution < 1.29 is 9.59 Å². The molecule has 7 heteroatoms. The van der Waals surface area contributed by atoms with E-state index < -0.39 is 0 Å². The molecule has 130 valence electrons. The molecule has 0 spiro atoms. The summed E-state index contributed by atoms with van der Waals surface area (Å²) in [5.41, 5.74) is 2.45. The highest BCUT2D eigenvalue weighted by Crippen LogP contribution is 2.16. The molecule has 0 aliphatic heterocycles. The van der Waals surface area contributed by atoms with E-state index in [2.05, 4.69) is 25.8 Å². The van der Waals surface area contributed by atoms with E-state index in [1.165, 1.54) is 6.92 Å². The normalized spacial score (nSPS) is 10.2. The van der Waals surface area contributed by atoms with Crippen LogP contribution in [0.2, 0.25) is 0 Å². The summed E-state index contributed by atoms with van der Waals surface area (Å²) in [6.07, 6.45) is 3.36. The second-order valence-corrected chi connectivity index (χ2v) is 5.61. The Morgan fingerprint density at radius 2 is 1.92 bits per heavy atom. The van der Waals surface area contributed by atoms with E-state index in [4.69, 9.17) is 0 Å². The van der Waals surface area contributed by atoms with Crippen LogP contribution in [0.15, 0.2) is 60.9 Å². The summed E-state index contributed by atoms with van der Waals surface area (Å²) in [6.45, 7) is 1.88. The molecule has 1 aromatic carbocycles. The Balaban J connectivity index is 1.62. The molecule has 0 unspecified atom stereocenters. The van der Waals surface area contributed by atoms with E-state index in [0.717, 1.165) is 11.3 Å². The fourth-order valence-corrected chi connectivity index (χ4v) is 2.26. The van der Waals surface area contributed by atoms with Crippen LogP contribution >= 0.6 is 0 Å². The molecule has 7 nitrogen and oxygen atoms in total. The third-order valence-corrected chi connectivity index (χ3v) is 3.61. The molecule has 0 fully saturated rings. The van der Waals surface area contributed by atoms with E-state index >= 15 is 0 Å². The van der Waals surface area contributed by atoms with E-state index in [0.29, 0.717) is 17.9 Å². The maximum atomic E-state index is 12.1. The van der Waals surface area contributed by atoms with Crippen molar-refractivity contribution in [3.63, 3.8) is 0 Å². The number of anilines is 2. The van der Waals surface area contributed by atoms with Crippen molar-refractivity contribution in [1.29, 1.82) is 0 Å². The third-order valence-electron chi connectivity index (χ3n) is 3.61. The van der Waals surface area contributed by atoms with Crippen LogP contribution in [0.5, 0.6) is 0 Å². The van der Waals surface area contributed by atoms with Gasteiger partial charge in [0.05, 0.1) is 0 Å². The summed E-state index contributed by atoms with van der Waals surface area (Å²) in [4.78, 5) is 27.5. The van der Waals surface area contributed by atoms with Gasteiger partial charge in [0.1, 0.15) is 0 Å². The van der Waals surface area contributed by atoms with Crippen LogP contribution in [0.1, 0.15) is 33.3 Å². The van der Waals surface area contributed by atoms with Crippen LogP contribution < -0.4 is 10.6 Å². The van der Waals surface area contributed by atoms with Crippen molar-refractivity contribution in [2.24, 2.45) is 0 Å². The van der Waals surface area contributed by atoms with Gasteiger partial charge in [-0.25, -0.2) is 0 Å². The molecule has 2 N–H and O–H groups in total. The molecule has 3 rings (SSSR count). The molecular weight excluding hydrogens is 330 g/mol. The monoisotopic (exact) mass is 347 g/mol. The fraction of sp³-hybridized carbons (Fsp3) is 0.105. The minimum atomic E-state index is -0.313. The number of benzene rings is 1. The topological polar surface area (TPSA) is 96.9 Å². The van der Waals surface area contributed by atoms with Gasteiger partial charge in [0.25, 0.3) is 5.91 Å². The van der Waals surface area contributed by atoms with Crippen LogP contribution in [-0.2, 0) is 6.54 Å². The Morgan fingerprint density at radius 3 is 2.62 bits per heavy atom. The minimum Gasteiger partial charge on any atom is -0.347 e. The summed E-state index contributed by atoms with van der Waals surface area (Å²) in [6, 6.07) is 14.0. The lowest BCUT2D eigenvalue weighted by molar-refractivity contribution is 0.0944. The molecule has 0 atom stereocenters. The Kier molecular flexibility index (Phi) is 5.28. The largest absolute Gasteiger partial charge is 0.347 e. The van der Waals surface area contributed by atoms with Crippen LogP contribution in [0.3, 0.4) is 0 Å². The average Bonchev–Trinajstić information content (AvgIpc) is 2.68. The zero-order chi connectivity index (χ0) is 18.4. The Bertz CT molecular complexity index is 911. The first-order valence-electron chi connectivity index (χ1n) is 8.01. The Morgan fingerprint density at radius 1 is 1.04 bits per heavy atom. The summed E-state index contributed by atoms with van der Waals surface area (Å²) >= 11 is 0. The van der Waals surface area contributed by atoms with Crippen molar-refractivity contribution in [3.05, 3.63) is 77.7 Å². The van der Waals surface area contributed by atoms with Crippen LogP contribution in [0.25, 0.3) is 0 Å². The van der Waals surface area contributed by atoms with E-state index in [1.54, 1.807) is 42.7 Å². The molecule has 0 aliphatic rings. The second-order valence-electron chi connectivity index (χ2n) is 5.61. The number of carbonyl (C=O) groups excluding carboxylic acids is 2. The zero-order valence-electron chi connectivity index (χ0n) is 14.1. The highest BCUT2D eigenvalue weighted by molar-refractivity contribution is 5.95. The van der Waals surface area contributed by atoms with Crippen LogP contribution in [-0.4, -0.2) is 26.9 Å². The highest BCUT2D eigenvalue weighted by Gasteiger charge is 2.08. The predicted octanol–water partition coefficient (Wildman–Crippen LogP) is 2.75. The number of nitrogens with zero attached hydrogens (tertiary/aromatic N) is 3. The molecule has 2 aromatic heterocycles. The first kappa shape index (κ1) is 17.2. The molecule has 0 radical (unpaired) electrons. The van der Waals surface area contributed by atoms with Gasteiger partial charge in [-0.05, 0) is 42.8 Å². The Hall–Kier alpha value is -3.61. The maximum absolute atomic E-state index is 12.1. The number of pyridine rings is 1. The number of hydrogen-bond acceptors (Lipinski definition) is 6.